The first-order valence-corrected chi connectivity index (χ1v) is 12.2. The Kier molecular flexibility index (Phi) is 10.7. The first kappa shape index (κ1) is 25.6. The monoisotopic (exact) mass is 481 g/mol. The molecule has 1 amide bonds. The average molecular weight is 482 g/mol. The van der Waals surface area contributed by atoms with Gasteiger partial charge in [0.2, 0.25) is 5.91 Å². The minimum atomic E-state index is -0.342. The first-order valence-electron chi connectivity index (χ1n) is 10.4. The summed E-state index contributed by atoms with van der Waals surface area (Å²) in [6, 6.07) is 15.2. The van der Waals surface area contributed by atoms with Crippen LogP contribution < -0.4 is 4.90 Å². The van der Waals surface area contributed by atoms with Crippen LogP contribution >= 0.6 is 35.5 Å². The van der Waals surface area contributed by atoms with E-state index in [2.05, 4.69) is 35.9 Å². The lowest BCUT2D eigenvalue weighted by molar-refractivity contribution is -0.118. The predicted molar refractivity (Wildman–Crippen MR) is 133 cm³/mol. The van der Waals surface area contributed by atoms with Crippen LogP contribution in [0.3, 0.4) is 0 Å². The number of thioether (sulfide) groups is 1. The van der Waals surface area contributed by atoms with Crippen LogP contribution in [0.5, 0.6) is 0 Å². The van der Waals surface area contributed by atoms with Gasteiger partial charge in [-0.05, 0) is 49.5 Å². The summed E-state index contributed by atoms with van der Waals surface area (Å²) < 4.78 is 14.9. The Balaban J connectivity index is 0.00000341. The second-order valence-electron chi connectivity index (χ2n) is 6.92. The van der Waals surface area contributed by atoms with Crippen LogP contribution in [-0.4, -0.2) is 47.7 Å². The van der Waals surface area contributed by atoms with Crippen molar-refractivity contribution < 1.29 is 9.18 Å². The van der Waals surface area contributed by atoms with Crippen LogP contribution in [0.25, 0.3) is 10.2 Å². The van der Waals surface area contributed by atoms with Crippen molar-refractivity contribution in [3.8, 4) is 0 Å². The number of thiazole rings is 1. The number of likely N-dealkylation sites (N-methyl/N-ethyl adjacent to an activating group) is 1. The first-order chi connectivity index (χ1) is 14.6. The van der Waals surface area contributed by atoms with Crippen molar-refractivity contribution in [2.75, 3.05) is 36.8 Å². The van der Waals surface area contributed by atoms with Gasteiger partial charge in [0.25, 0.3) is 0 Å². The zero-order valence-electron chi connectivity index (χ0n) is 17.9. The van der Waals surface area contributed by atoms with Crippen molar-refractivity contribution in [2.24, 2.45) is 0 Å². The van der Waals surface area contributed by atoms with E-state index in [4.69, 9.17) is 0 Å². The van der Waals surface area contributed by atoms with Crippen molar-refractivity contribution in [3.63, 3.8) is 0 Å². The van der Waals surface area contributed by atoms with Gasteiger partial charge in [0.1, 0.15) is 11.3 Å². The Morgan fingerprint density at radius 2 is 1.81 bits per heavy atom. The Hall–Kier alpha value is -1.67. The summed E-state index contributed by atoms with van der Waals surface area (Å²) in [5, 5.41) is 0.586. The summed E-state index contributed by atoms with van der Waals surface area (Å²) in [6.07, 6.45) is 1.25. The molecule has 0 aliphatic rings. The highest BCUT2D eigenvalue weighted by Gasteiger charge is 2.21. The zero-order chi connectivity index (χ0) is 21.3. The fourth-order valence-corrected chi connectivity index (χ4v) is 5.09. The normalized spacial score (nSPS) is 11.0. The molecule has 168 valence electrons. The van der Waals surface area contributed by atoms with Gasteiger partial charge in [0.05, 0.1) is 4.70 Å². The lowest BCUT2D eigenvalue weighted by Crippen LogP contribution is -2.38. The van der Waals surface area contributed by atoms with Crippen LogP contribution in [0.4, 0.5) is 9.52 Å². The van der Waals surface area contributed by atoms with Gasteiger partial charge in [0.15, 0.2) is 5.13 Å². The Labute approximate surface area is 198 Å². The number of anilines is 1. The molecule has 0 atom stereocenters. The molecule has 8 heteroatoms. The summed E-state index contributed by atoms with van der Waals surface area (Å²) in [5.41, 5.74) is 0.345. The third-order valence-electron chi connectivity index (χ3n) is 4.97. The topological polar surface area (TPSA) is 36.4 Å². The number of hydrogen-bond donors (Lipinski definition) is 0. The molecule has 1 aromatic heterocycles. The van der Waals surface area contributed by atoms with Gasteiger partial charge in [-0.3, -0.25) is 9.69 Å². The highest BCUT2D eigenvalue weighted by molar-refractivity contribution is 7.99. The molecular weight excluding hydrogens is 453 g/mol. The second-order valence-corrected chi connectivity index (χ2v) is 9.10. The van der Waals surface area contributed by atoms with Crippen molar-refractivity contribution in [2.45, 2.75) is 31.6 Å². The van der Waals surface area contributed by atoms with Crippen molar-refractivity contribution in [1.29, 1.82) is 0 Å². The molecule has 0 unspecified atom stereocenters. The number of para-hydroxylation sites is 1. The fourth-order valence-electron chi connectivity index (χ4n) is 3.19. The number of carbonyl (C=O) groups excluding carboxylic acids is 1. The maximum absolute atomic E-state index is 14.1. The SMILES string of the molecule is CCN(CC)CCN(C(=O)CCCSc1ccccc1)c1nc2c(F)cccc2s1.Cl. The van der Waals surface area contributed by atoms with Crippen LogP contribution in [0, 0.1) is 5.82 Å². The van der Waals surface area contributed by atoms with Gasteiger partial charge in [-0.1, -0.05) is 49.4 Å². The van der Waals surface area contributed by atoms with Gasteiger partial charge < -0.3 is 4.90 Å². The molecule has 0 N–H and O–H groups in total. The Bertz CT molecular complexity index is 950. The number of aromatic nitrogens is 1. The molecule has 0 radical (unpaired) electrons. The molecule has 0 saturated heterocycles. The Morgan fingerprint density at radius 3 is 2.48 bits per heavy atom. The maximum Gasteiger partial charge on any atom is 0.228 e. The number of benzene rings is 2. The standard InChI is InChI=1S/C23H28FN3OS2.ClH/c1-3-26(4-2)15-16-27(23-25-22-19(24)12-8-13-20(22)30-23)21(28)14-9-17-29-18-10-6-5-7-11-18;/h5-8,10-13H,3-4,9,14-17H2,1-2H3;1H. The average Bonchev–Trinajstić information content (AvgIpc) is 3.20. The molecule has 2 aromatic carbocycles. The van der Waals surface area contributed by atoms with E-state index in [1.165, 1.54) is 22.3 Å². The number of hydrogen-bond acceptors (Lipinski definition) is 5. The van der Waals surface area contributed by atoms with E-state index in [0.717, 1.165) is 36.5 Å². The molecular formula is C23H29ClFN3OS2. The van der Waals surface area contributed by atoms with Gasteiger partial charge in [-0.15, -0.1) is 24.2 Å². The number of halogens is 2. The Morgan fingerprint density at radius 1 is 1.06 bits per heavy atom. The molecule has 0 spiro atoms. The fraction of sp³-hybridized carbons (Fsp3) is 0.391. The number of rotatable bonds is 11. The van der Waals surface area contributed by atoms with Gasteiger partial charge in [-0.2, -0.15) is 0 Å². The number of fused-ring (bicyclic) bond motifs is 1. The molecule has 31 heavy (non-hydrogen) atoms. The highest BCUT2D eigenvalue weighted by atomic mass is 35.5. The summed E-state index contributed by atoms with van der Waals surface area (Å²) >= 11 is 3.14. The largest absolute Gasteiger partial charge is 0.302 e. The molecule has 0 saturated carbocycles. The van der Waals surface area contributed by atoms with E-state index in [9.17, 15) is 9.18 Å². The summed E-state index contributed by atoms with van der Waals surface area (Å²) in [6.45, 7) is 7.43. The molecule has 0 aliphatic carbocycles. The van der Waals surface area contributed by atoms with E-state index in [1.807, 2.05) is 24.3 Å². The molecule has 0 bridgehead atoms. The lowest BCUT2D eigenvalue weighted by Gasteiger charge is -2.24. The highest BCUT2D eigenvalue weighted by Crippen LogP contribution is 2.31. The minimum Gasteiger partial charge on any atom is -0.302 e. The summed E-state index contributed by atoms with van der Waals surface area (Å²) in [4.78, 5) is 22.8. The quantitative estimate of drug-likeness (QED) is 0.245. The molecule has 0 aliphatic heterocycles. The van der Waals surface area contributed by atoms with Gasteiger partial charge in [-0.25, -0.2) is 9.37 Å². The van der Waals surface area contributed by atoms with Crippen LogP contribution in [0.15, 0.2) is 53.4 Å². The van der Waals surface area contributed by atoms with E-state index in [1.54, 1.807) is 22.7 Å². The third-order valence-corrected chi connectivity index (χ3v) is 7.11. The van der Waals surface area contributed by atoms with Gasteiger partial charge in [0, 0.05) is 24.4 Å². The van der Waals surface area contributed by atoms with E-state index >= 15 is 0 Å². The summed E-state index contributed by atoms with van der Waals surface area (Å²) in [7, 11) is 0. The molecule has 0 fully saturated rings. The lowest BCUT2D eigenvalue weighted by atomic mass is 10.3. The van der Waals surface area contributed by atoms with Crippen LogP contribution in [0.1, 0.15) is 26.7 Å². The van der Waals surface area contributed by atoms with Crippen molar-refractivity contribution in [1.82, 2.24) is 9.88 Å². The maximum atomic E-state index is 14.1. The number of nitrogens with zero attached hydrogens (tertiary/aromatic N) is 3. The molecule has 3 rings (SSSR count). The minimum absolute atomic E-state index is 0. The van der Waals surface area contributed by atoms with E-state index in [-0.39, 0.29) is 24.1 Å². The van der Waals surface area contributed by atoms with Gasteiger partial charge >= 0.3 is 0 Å². The van der Waals surface area contributed by atoms with Crippen molar-refractivity contribution >= 4 is 56.8 Å². The second kappa shape index (κ2) is 13.0. The van der Waals surface area contributed by atoms with E-state index < -0.39 is 0 Å². The number of amides is 1. The van der Waals surface area contributed by atoms with E-state index in [0.29, 0.717) is 23.6 Å². The van der Waals surface area contributed by atoms with Crippen LogP contribution in [-0.2, 0) is 4.79 Å². The molecule has 1 heterocycles. The summed E-state index contributed by atoms with van der Waals surface area (Å²) in [5.74, 6) is 0.592. The van der Waals surface area contributed by atoms with Crippen molar-refractivity contribution in [3.05, 3.63) is 54.3 Å². The molecule has 3 aromatic rings. The number of carbonyl (C=O) groups is 1. The third kappa shape index (κ3) is 7.17. The van der Waals surface area contributed by atoms with Crippen LogP contribution in [0.2, 0.25) is 0 Å². The predicted octanol–water partition coefficient (Wildman–Crippen LogP) is 6.10. The smallest absolute Gasteiger partial charge is 0.228 e. The molecule has 4 nitrogen and oxygen atoms in total. The zero-order valence-corrected chi connectivity index (χ0v) is 20.4.